The Balaban J connectivity index is 2.85. The molecule has 0 bridgehead atoms. The molecule has 4 nitrogen and oxygen atoms in total. The largest absolute Gasteiger partial charge is 0.507 e. The van der Waals surface area contributed by atoms with Gasteiger partial charge in [-0.25, -0.2) is 8.42 Å². The third-order valence-electron chi connectivity index (χ3n) is 1.82. The van der Waals surface area contributed by atoms with Crippen LogP contribution in [0, 0.1) is 11.3 Å². The van der Waals surface area contributed by atoms with Gasteiger partial charge in [-0.3, -0.25) is 0 Å². The van der Waals surface area contributed by atoms with E-state index < -0.39 is 9.05 Å². The highest BCUT2D eigenvalue weighted by Crippen LogP contribution is 2.18. The van der Waals surface area contributed by atoms with Crippen molar-refractivity contribution in [2.45, 2.75) is 6.42 Å². The van der Waals surface area contributed by atoms with E-state index in [9.17, 15) is 13.5 Å². The topological polar surface area (TPSA) is 78.2 Å². The third-order valence-corrected chi connectivity index (χ3v) is 2.97. The molecule has 1 aromatic rings. The van der Waals surface area contributed by atoms with Crippen LogP contribution in [0.3, 0.4) is 0 Å². The lowest BCUT2D eigenvalue weighted by molar-refractivity contribution is 0.473. The Morgan fingerprint density at radius 1 is 1.47 bits per heavy atom. The van der Waals surface area contributed by atoms with Crippen LogP contribution in [0.5, 0.6) is 5.75 Å². The number of hydrogen-bond acceptors (Lipinski definition) is 4. The number of hydrogen-bond donors (Lipinski definition) is 1. The first-order valence-corrected chi connectivity index (χ1v) is 6.54. The van der Waals surface area contributed by atoms with E-state index in [0.29, 0.717) is 5.56 Å². The highest BCUT2D eigenvalue weighted by molar-refractivity contribution is 8.13. The first-order valence-electron chi connectivity index (χ1n) is 4.07. The zero-order chi connectivity index (χ0) is 11.5. The monoisotopic (exact) mass is 245 g/mol. The Morgan fingerprint density at radius 3 is 2.67 bits per heavy atom. The highest BCUT2D eigenvalue weighted by Gasteiger charge is 2.07. The van der Waals surface area contributed by atoms with Crippen LogP contribution in [0.25, 0.3) is 0 Å². The van der Waals surface area contributed by atoms with Crippen LogP contribution in [0.2, 0.25) is 0 Å². The molecule has 0 spiro atoms. The number of phenolic OH excluding ortho intramolecular Hbond substituents is 1. The molecular weight excluding hydrogens is 238 g/mol. The number of nitriles is 1. The first-order chi connectivity index (χ1) is 6.92. The molecule has 1 aromatic carbocycles. The van der Waals surface area contributed by atoms with E-state index in [4.69, 9.17) is 15.9 Å². The standard InChI is InChI=1S/C9H8ClNO3S/c10-15(13,14)4-3-7-1-2-9(12)8(5-7)6-11/h1-2,5,12H,3-4H2. The molecule has 0 unspecified atom stereocenters. The van der Waals surface area contributed by atoms with Gasteiger partial charge in [-0.2, -0.15) is 5.26 Å². The Kier molecular flexibility index (Phi) is 3.56. The smallest absolute Gasteiger partial charge is 0.232 e. The molecule has 0 aliphatic heterocycles. The van der Waals surface area contributed by atoms with Crippen LogP contribution in [0.15, 0.2) is 18.2 Å². The maximum absolute atomic E-state index is 10.7. The van der Waals surface area contributed by atoms with Gasteiger partial charge in [0.15, 0.2) is 0 Å². The first kappa shape index (κ1) is 11.8. The molecule has 0 amide bonds. The number of rotatable bonds is 3. The van der Waals surface area contributed by atoms with Gasteiger partial charge in [0.05, 0.1) is 11.3 Å². The van der Waals surface area contributed by atoms with E-state index in [0.717, 1.165) is 0 Å². The fourth-order valence-electron chi connectivity index (χ4n) is 1.07. The molecule has 0 atom stereocenters. The number of benzene rings is 1. The summed E-state index contributed by atoms with van der Waals surface area (Å²) in [5.74, 6) is -0.306. The van der Waals surface area contributed by atoms with Crippen LogP contribution in [-0.2, 0) is 15.5 Å². The molecule has 0 aliphatic carbocycles. The Morgan fingerprint density at radius 2 is 2.13 bits per heavy atom. The second-order valence-corrected chi connectivity index (χ2v) is 5.85. The summed E-state index contributed by atoms with van der Waals surface area (Å²) in [6, 6.07) is 6.15. The number of aryl methyl sites for hydroxylation is 1. The molecule has 0 aliphatic rings. The Bertz CT molecular complexity index is 505. The van der Waals surface area contributed by atoms with Crippen molar-refractivity contribution in [3.8, 4) is 11.8 Å². The van der Waals surface area contributed by atoms with Crippen molar-refractivity contribution in [2.75, 3.05) is 5.75 Å². The van der Waals surface area contributed by atoms with E-state index in [2.05, 4.69) is 0 Å². The minimum absolute atomic E-state index is 0.116. The molecular formula is C9H8ClNO3S. The van der Waals surface area contributed by atoms with Gasteiger partial charge in [0.1, 0.15) is 11.8 Å². The summed E-state index contributed by atoms with van der Waals surface area (Å²) in [5, 5.41) is 17.8. The molecule has 1 N–H and O–H groups in total. The van der Waals surface area contributed by atoms with Crippen molar-refractivity contribution in [1.29, 1.82) is 5.26 Å². The Hall–Kier alpha value is -1.25. The second-order valence-electron chi connectivity index (χ2n) is 2.96. The zero-order valence-electron chi connectivity index (χ0n) is 7.64. The fourth-order valence-corrected chi connectivity index (χ4v) is 1.78. The SMILES string of the molecule is N#Cc1cc(CCS(=O)(=O)Cl)ccc1O. The minimum atomic E-state index is -3.53. The second kappa shape index (κ2) is 4.51. The van der Waals surface area contributed by atoms with Crippen LogP contribution >= 0.6 is 10.7 Å². The molecule has 0 saturated carbocycles. The van der Waals surface area contributed by atoms with Gasteiger partial charge in [0, 0.05) is 10.7 Å². The van der Waals surface area contributed by atoms with E-state index in [1.807, 2.05) is 0 Å². The predicted octanol–water partition coefficient (Wildman–Crippen LogP) is 1.37. The van der Waals surface area contributed by atoms with Crippen molar-refractivity contribution >= 4 is 19.7 Å². The van der Waals surface area contributed by atoms with E-state index in [1.54, 1.807) is 12.1 Å². The summed E-state index contributed by atoms with van der Waals surface area (Å²) in [7, 11) is 1.52. The highest BCUT2D eigenvalue weighted by atomic mass is 35.7. The van der Waals surface area contributed by atoms with E-state index in [-0.39, 0.29) is 23.5 Å². The van der Waals surface area contributed by atoms with Crippen molar-refractivity contribution in [2.24, 2.45) is 0 Å². The van der Waals surface area contributed by atoms with Gasteiger partial charge >= 0.3 is 0 Å². The molecule has 15 heavy (non-hydrogen) atoms. The van der Waals surface area contributed by atoms with Crippen molar-refractivity contribution in [1.82, 2.24) is 0 Å². The van der Waals surface area contributed by atoms with Gasteiger partial charge in [-0.05, 0) is 24.1 Å². The van der Waals surface area contributed by atoms with Gasteiger partial charge in [-0.15, -0.1) is 0 Å². The third kappa shape index (κ3) is 3.78. The normalized spacial score (nSPS) is 10.9. The van der Waals surface area contributed by atoms with Crippen LogP contribution in [0.4, 0.5) is 0 Å². The maximum Gasteiger partial charge on any atom is 0.232 e. The van der Waals surface area contributed by atoms with Gasteiger partial charge in [-0.1, -0.05) is 6.07 Å². The zero-order valence-corrected chi connectivity index (χ0v) is 9.22. The molecule has 0 saturated heterocycles. The number of aromatic hydroxyl groups is 1. The number of halogens is 1. The lowest BCUT2D eigenvalue weighted by atomic mass is 10.1. The van der Waals surface area contributed by atoms with Crippen molar-refractivity contribution in [3.63, 3.8) is 0 Å². The lowest BCUT2D eigenvalue weighted by Gasteiger charge is -2.01. The van der Waals surface area contributed by atoms with E-state index >= 15 is 0 Å². The quantitative estimate of drug-likeness (QED) is 0.816. The average molecular weight is 246 g/mol. The van der Waals surface area contributed by atoms with Crippen molar-refractivity contribution in [3.05, 3.63) is 29.3 Å². The molecule has 0 fully saturated rings. The van der Waals surface area contributed by atoms with Crippen LogP contribution < -0.4 is 0 Å². The molecule has 0 radical (unpaired) electrons. The molecule has 1 rings (SSSR count). The Labute approximate surface area is 92.1 Å². The van der Waals surface area contributed by atoms with Crippen LogP contribution in [0.1, 0.15) is 11.1 Å². The minimum Gasteiger partial charge on any atom is -0.507 e. The average Bonchev–Trinajstić information content (AvgIpc) is 2.15. The molecule has 0 aromatic heterocycles. The van der Waals surface area contributed by atoms with Gasteiger partial charge in [0.2, 0.25) is 9.05 Å². The summed E-state index contributed by atoms with van der Waals surface area (Å²) in [6.45, 7) is 0. The fraction of sp³-hybridized carbons (Fsp3) is 0.222. The predicted molar refractivity (Wildman–Crippen MR) is 56.2 cm³/mol. The van der Waals surface area contributed by atoms with Gasteiger partial charge < -0.3 is 5.11 Å². The van der Waals surface area contributed by atoms with Gasteiger partial charge in [0.25, 0.3) is 0 Å². The lowest BCUT2D eigenvalue weighted by Crippen LogP contribution is -2.01. The number of nitrogens with zero attached hydrogens (tertiary/aromatic N) is 1. The number of phenols is 1. The summed E-state index contributed by atoms with van der Waals surface area (Å²) < 4.78 is 21.4. The molecule has 0 heterocycles. The molecule has 6 heteroatoms. The van der Waals surface area contributed by atoms with Crippen LogP contribution in [-0.4, -0.2) is 19.3 Å². The van der Waals surface area contributed by atoms with E-state index in [1.165, 1.54) is 12.1 Å². The molecule has 80 valence electrons. The summed E-state index contributed by atoms with van der Waals surface area (Å²) >= 11 is 0. The summed E-state index contributed by atoms with van der Waals surface area (Å²) in [4.78, 5) is 0. The van der Waals surface area contributed by atoms with Crippen molar-refractivity contribution < 1.29 is 13.5 Å². The maximum atomic E-state index is 10.7. The summed E-state index contributed by atoms with van der Waals surface area (Å²) in [5.41, 5.74) is 0.771. The summed E-state index contributed by atoms with van der Waals surface area (Å²) in [6.07, 6.45) is 0.223.